The molecule has 11 aromatic rings. The maximum Gasteiger partial charge on any atom is 0.164 e. The van der Waals surface area contributed by atoms with Gasteiger partial charge >= 0.3 is 0 Å². The first kappa shape index (κ1) is 31.9. The van der Waals surface area contributed by atoms with E-state index in [1.165, 1.54) is 32.9 Å². The minimum atomic E-state index is 0.596. The van der Waals surface area contributed by atoms with Crippen molar-refractivity contribution in [2.45, 2.75) is 0 Å². The summed E-state index contributed by atoms with van der Waals surface area (Å²) in [6, 6.07) is 67.6. The SMILES string of the molecule is c1ccc(-c2ccc3c4ccccc4n(-c4cccc(-c5ccc6c(c5)oc5cc(-c7nc(-c8ccccc8)nc(-c8ccccc8)n7)ccc56)c4)c3c2)cc1. The third-order valence-corrected chi connectivity index (χ3v) is 10.6. The van der Waals surface area contributed by atoms with Crippen molar-refractivity contribution in [1.82, 2.24) is 19.5 Å². The summed E-state index contributed by atoms with van der Waals surface area (Å²) in [5.74, 6) is 1.85. The van der Waals surface area contributed by atoms with Gasteiger partial charge in [-0.15, -0.1) is 0 Å². The number of aromatic nitrogens is 4. The van der Waals surface area contributed by atoms with Crippen molar-refractivity contribution in [2.24, 2.45) is 0 Å². The van der Waals surface area contributed by atoms with E-state index in [9.17, 15) is 0 Å². The van der Waals surface area contributed by atoms with Gasteiger partial charge in [-0.05, 0) is 70.8 Å². The van der Waals surface area contributed by atoms with E-state index in [0.29, 0.717) is 17.5 Å². The summed E-state index contributed by atoms with van der Waals surface area (Å²) in [6.07, 6.45) is 0. The van der Waals surface area contributed by atoms with Crippen molar-refractivity contribution in [1.29, 1.82) is 0 Å². The molecule has 0 unspecified atom stereocenters. The quantitative estimate of drug-likeness (QED) is 0.172. The third kappa shape index (κ3) is 5.45. The topological polar surface area (TPSA) is 56.7 Å². The van der Waals surface area contributed by atoms with Crippen LogP contribution in [0.3, 0.4) is 0 Å². The van der Waals surface area contributed by atoms with Gasteiger partial charge in [0.15, 0.2) is 17.5 Å². The Morgan fingerprint density at radius 1 is 0.304 bits per heavy atom. The number of hydrogen-bond donors (Lipinski definition) is 0. The lowest BCUT2D eigenvalue weighted by atomic mass is 10.0. The highest BCUT2D eigenvalue weighted by Crippen LogP contribution is 2.38. The summed E-state index contributed by atoms with van der Waals surface area (Å²) in [7, 11) is 0. The predicted octanol–water partition coefficient (Wildman–Crippen LogP) is 13.2. The molecule has 3 heterocycles. The van der Waals surface area contributed by atoms with Crippen LogP contribution in [0.4, 0.5) is 0 Å². The van der Waals surface area contributed by atoms with Gasteiger partial charge < -0.3 is 8.98 Å². The Balaban J connectivity index is 0.996. The van der Waals surface area contributed by atoms with Crippen molar-refractivity contribution < 1.29 is 4.42 Å². The van der Waals surface area contributed by atoms with Gasteiger partial charge in [0.05, 0.1) is 11.0 Å². The van der Waals surface area contributed by atoms with E-state index in [1.54, 1.807) is 0 Å². The van der Waals surface area contributed by atoms with Crippen LogP contribution in [-0.4, -0.2) is 19.5 Å². The van der Waals surface area contributed by atoms with E-state index in [1.807, 2.05) is 66.7 Å². The molecule has 56 heavy (non-hydrogen) atoms. The van der Waals surface area contributed by atoms with Gasteiger partial charge in [0.1, 0.15) is 11.2 Å². The van der Waals surface area contributed by atoms with Crippen LogP contribution in [0.5, 0.6) is 0 Å². The van der Waals surface area contributed by atoms with Crippen molar-refractivity contribution in [2.75, 3.05) is 0 Å². The molecule has 262 valence electrons. The fourth-order valence-electron chi connectivity index (χ4n) is 7.92. The first-order valence-electron chi connectivity index (χ1n) is 18.8. The molecule has 0 amide bonds. The van der Waals surface area contributed by atoms with Gasteiger partial charge in [0.25, 0.3) is 0 Å². The molecule has 0 aliphatic heterocycles. The van der Waals surface area contributed by atoms with Crippen molar-refractivity contribution >= 4 is 43.7 Å². The van der Waals surface area contributed by atoms with Gasteiger partial charge in [-0.1, -0.05) is 146 Å². The molecule has 0 saturated heterocycles. The lowest BCUT2D eigenvalue weighted by molar-refractivity contribution is 0.669. The molecule has 0 saturated carbocycles. The van der Waals surface area contributed by atoms with Gasteiger partial charge in [0.2, 0.25) is 0 Å². The maximum atomic E-state index is 6.60. The number of benzene rings is 8. The second-order valence-electron chi connectivity index (χ2n) is 14.1. The molecule has 0 fully saturated rings. The molecular weight excluding hydrogens is 685 g/mol. The van der Waals surface area contributed by atoms with Crippen molar-refractivity contribution in [3.8, 4) is 62.1 Å². The van der Waals surface area contributed by atoms with Crippen LogP contribution in [0.1, 0.15) is 0 Å². The second kappa shape index (κ2) is 13.0. The van der Waals surface area contributed by atoms with E-state index < -0.39 is 0 Å². The lowest BCUT2D eigenvalue weighted by Crippen LogP contribution is -2.00. The normalized spacial score (nSPS) is 11.6. The second-order valence-corrected chi connectivity index (χ2v) is 14.1. The molecule has 0 N–H and O–H groups in total. The average Bonchev–Trinajstić information content (AvgIpc) is 3.81. The fourth-order valence-corrected chi connectivity index (χ4v) is 7.92. The first-order valence-corrected chi connectivity index (χ1v) is 18.8. The summed E-state index contributed by atoms with van der Waals surface area (Å²) in [5, 5.41) is 4.58. The zero-order chi connectivity index (χ0) is 37.0. The molecule has 0 aliphatic carbocycles. The van der Waals surface area contributed by atoms with Crippen molar-refractivity contribution in [3.63, 3.8) is 0 Å². The first-order chi connectivity index (χ1) is 27.7. The van der Waals surface area contributed by atoms with Gasteiger partial charge in [-0.3, -0.25) is 0 Å². The van der Waals surface area contributed by atoms with E-state index in [0.717, 1.165) is 55.4 Å². The van der Waals surface area contributed by atoms with Crippen LogP contribution in [0.25, 0.3) is 106 Å². The summed E-state index contributed by atoms with van der Waals surface area (Å²) in [5.41, 5.74) is 12.4. The maximum absolute atomic E-state index is 6.60. The Bertz CT molecular complexity index is 3180. The summed E-state index contributed by atoms with van der Waals surface area (Å²) in [6.45, 7) is 0. The molecule has 11 rings (SSSR count). The molecule has 5 nitrogen and oxygen atoms in total. The number of nitrogens with zero attached hydrogens (tertiary/aromatic N) is 4. The van der Waals surface area contributed by atoms with E-state index in [-0.39, 0.29) is 0 Å². The molecule has 0 atom stereocenters. The number of fused-ring (bicyclic) bond motifs is 6. The third-order valence-electron chi connectivity index (χ3n) is 10.6. The highest BCUT2D eigenvalue weighted by atomic mass is 16.3. The van der Waals surface area contributed by atoms with Crippen LogP contribution in [0.2, 0.25) is 0 Å². The molecule has 0 bridgehead atoms. The molecule has 5 heteroatoms. The van der Waals surface area contributed by atoms with Gasteiger partial charge in [0, 0.05) is 43.9 Å². The Morgan fingerprint density at radius 3 is 1.43 bits per heavy atom. The molecule has 0 radical (unpaired) electrons. The fraction of sp³-hybridized carbons (Fsp3) is 0. The molecule has 0 aliphatic rings. The van der Waals surface area contributed by atoms with Crippen LogP contribution in [-0.2, 0) is 0 Å². The smallest absolute Gasteiger partial charge is 0.164 e. The van der Waals surface area contributed by atoms with E-state index in [2.05, 4.69) is 132 Å². The van der Waals surface area contributed by atoms with Crippen LogP contribution in [0.15, 0.2) is 199 Å². The number of rotatable bonds is 6. The molecule has 8 aromatic carbocycles. The number of para-hydroxylation sites is 1. The molecule has 3 aromatic heterocycles. The Hall–Kier alpha value is -7.63. The summed E-state index contributed by atoms with van der Waals surface area (Å²) in [4.78, 5) is 14.7. The zero-order valence-corrected chi connectivity index (χ0v) is 30.2. The average molecular weight is 717 g/mol. The molecular formula is C51H32N4O. The van der Waals surface area contributed by atoms with Crippen LogP contribution < -0.4 is 0 Å². The monoisotopic (exact) mass is 716 g/mol. The number of hydrogen-bond acceptors (Lipinski definition) is 4. The Labute approximate surface area is 322 Å². The highest BCUT2D eigenvalue weighted by molar-refractivity contribution is 6.10. The Morgan fingerprint density at radius 2 is 0.768 bits per heavy atom. The Kier molecular flexibility index (Phi) is 7.42. The largest absolute Gasteiger partial charge is 0.456 e. The van der Waals surface area contributed by atoms with E-state index in [4.69, 9.17) is 19.4 Å². The number of furan rings is 1. The minimum absolute atomic E-state index is 0.596. The van der Waals surface area contributed by atoms with E-state index >= 15 is 0 Å². The highest BCUT2D eigenvalue weighted by Gasteiger charge is 2.17. The van der Waals surface area contributed by atoms with Gasteiger partial charge in [-0.25, -0.2) is 15.0 Å². The standard InChI is InChI=1S/C51H32N4O/c1-4-13-33(14-5-1)37-23-26-42-41-21-10-11-22-45(41)55(46(42)30-37)40-20-12-19-36(29-40)38-24-27-43-44-28-25-39(32-48(44)56-47(43)31-38)51-53-49(34-15-6-2-7-16-34)52-50(54-51)35-17-8-3-9-18-35/h1-32H. The van der Waals surface area contributed by atoms with Gasteiger partial charge in [-0.2, -0.15) is 0 Å². The predicted molar refractivity (Wildman–Crippen MR) is 229 cm³/mol. The summed E-state index contributed by atoms with van der Waals surface area (Å²) < 4.78 is 8.99. The van der Waals surface area contributed by atoms with Crippen LogP contribution in [0, 0.1) is 0 Å². The summed E-state index contributed by atoms with van der Waals surface area (Å²) >= 11 is 0. The zero-order valence-electron chi connectivity index (χ0n) is 30.2. The van der Waals surface area contributed by atoms with Crippen LogP contribution >= 0.6 is 0 Å². The minimum Gasteiger partial charge on any atom is -0.456 e. The van der Waals surface area contributed by atoms with Crippen molar-refractivity contribution in [3.05, 3.63) is 194 Å². The lowest BCUT2D eigenvalue weighted by Gasteiger charge is -2.11. The molecule has 0 spiro atoms.